The third-order valence-corrected chi connectivity index (χ3v) is 6.03. The molecule has 1 aliphatic heterocycles. The van der Waals surface area contributed by atoms with Gasteiger partial charge in [0, 0.05) is 25.2 Å². The molecule has 4 nitrogen and oxygen atoms in total. The molecule has 4 rings (SSSR count). The first-order chi connectivity index (χ1) is 14.7. The van der Waals surface area contributed by atoms with Crippen LogP contribution in [0.4, 0.5) is 0 Å². The Morgan fingerprint density at radius 1 is 1.10 bits per heavy atom. The number of aliphatic hydroxyl groups excluding tert-OH is 1. The van der Waals surface area contributed by atoms with Gasteiger partial charge in [-0.25, -0.2) is 4.98 Å². The lowest BCUT2D eigenvalue weighted by atomic mass is 9.90. The first-order valence-electron chi connectivity index (χ1n) is 10.8. The molecule has 2 heterocycles. The molecule has 0 aliphatic carbocycles. The summed E-state index contributed by atoms with van der Waals surface area (Å²) in [6.45, 7) is 4.58. The molecule has 4 heteroatoms. The van der Waals surface area contributed by atoms with Crippen LogP contribution in [0.25, 0.3) is 11.1 Å². The van der Waals surface area contributed by atoms with Crippen molar-refractivity contribution in [2.45, 2.75) is 38.9 Å². The minimum Gasteiger partial charge on any atom is -0.473 e. The molecule has 156 valence electrons. The number of nitrogens with one attached hydrogen (secondary N) is 1. The van der Waals surface area contributed by atoms with Crippen molar-refractivity contribution in [2.24, 2.45) is 5.92 Å². The van der Waals surface area contributed by atoms with Crippen molar-refractivity contribution in [1.82, 2.24) is 10.3 Å². The lowest BCUT2D eigenvalue weighted by Crippen LogP contribution is -2.37. The van der Waals surface area contributed by atoms with Gasteiger partial charge in [0.1, 0.15) is 6.61 Å². The Kier molecular flexibility index (Phi) is 6.77. The molecule has 1 fully saturated rings. The summed E-state index contributed by atoms with van der Waals surface area (Å²) in [5, 5.41) is 13.9. The van der Waals surface area contributed by atoms with E-state index in [0.29, 0.717) is 24.8 Å². The van der Waals surface area contributed by atoms with E-state index in [-0.39, 0.29) is 6.10 Å². The Morgan fingerprint density at radius 2 is 1.97 bits per heavy atom. The molecule has 0 bridgehead atoms. The molecule has 1 aromatic heterocycles. The van der Waals surface area contributed by atoms with Crippen LogP contribution in [0.15, 0.2) is 66.9 Å². The smallest absolute Gasteiger partial charge is 0.213 e. The number of aromatic nitrogens is 1. The van der Waals surface area contributed by atoms with E-state index < -0.39 is 0 Å². The molecule has 2 atom stereocenters. The van der Waals surface area contributed by atoms with E-state index in [1.807, 2.05) is 24.4 Å². The van der Waals surface area contributed by atoms with Crippen molar-refractivity contribution in [3.63, 3.8) is 0 Å². The van der Waals surface area contributed by atoms with Gasteiger partial charge in [0.15, 0.2) is 0 Å². The van der Waals surface area contributed by atoms with Crippen molar-refractivity contribution in [3.8, 4) is 17.0 Å². The summed E-state index contributed by atoms with van der Waals surface area (Å²) in [6, 6.07) is 20.6. The Balaban J connectivity index is 1.36. The minimum absolute atomic E-state index is 0.324. The van der Waals surface area contributed by atoms with Gasteiger partial charge in [-0.2, -0.15) is 0 Å². The second-order valence-corrected chi connectivity index (χ2v) is 8.13. The maximum atomic E-state index is 10.5. The predicted molar refractivity (Wildman–Crippen MR) is 120 cm³/mol. The fourth-order valence-corrected chi connectivity index (χ4v) is 4.15. The molecular weight excluding hydrogens is 372 g/mol. The van der Waals surface area contributed by atoms with Crippen molar-refractivity contribution in [2.75, 3.05) is 13.1 Å². The first-order valence-corrected chi connectivity index (χ1v) is 10.8. The van der Waals surface area contributed by atoms with Gasteiger partial charge in [-0.15, -0.1) is 0 Å². The van der Waals surface area contributed by atoms with Crippen molar-refractivity contribution >= 4 is 0 Å². The number of pyridine rings is 1. The van der Waals surface area contributed by atoms with Gasteiger partial charge in [-0.05, 0) is 60.0 Å². The molecular formula is C26H30N2O2. The van der Waals surface area contributed by atoms with Gasteiger partial charge < -0.3 is 15.2 Å². The topological polar surface area (TPSA) is 54.4 Å². The summed E-state index contributed by atoms with van der Waals surface area (Å²) in [5.41, 5.74) is 5.87. The van der Waals surface area contributed by atoms with Crippen molar-refractivity contribution in [1.29, 1.82) is 0 Å². The number of aliphatic hydroxyl groups is 1. The SMILES string of the molecule is Cc1c(COc2ccc(CC(O)C3CCCNC3)cn2)cccc1-c1ccccc1. The molecule has 2 unspecified atom stereocenters. The third-order valence-electron chi connectivity index (χ3n) is 6.03. The van der Waals surface area contributed by atoms with Crippen LogP contribution < -0.4 is 10.1 Å². The Labute approximate surface area is 179 Å². The average molecular weight is 403 g/mol. The quantitative estimate of drug-likeness (QED) is 0.609. The highest BCUT2D eigenvalue weighted by Gasteiger charge is 2.21. The van der Waals surface area contributed by atoms with Crippen molar-refractivity contribution < 1.29 is 9.84 Å². The van der Waals surface area contributed by atoms with Gasteiger partial charge in [0.25, 0.3) is 0 Å². The van der Waals surface area contributed by atoms with E-state index >= 15 is 0 Å². The zero-order valence-corrected chi connectivity index (χ0v) is 17.6. The average Bonchev–Trinajstić information content (AvgIpc) is 2.80. The van der Waals surface area contributed by atoms with Gasteiger partial charge >= 0.3 is 0 Å². The van der Waals surface area contributed by atoms with E-state index in [0.717, 1.165) is 37.1 Å². The van der Waals surface area contributed by atoms with Crippen LogP contribution in [0.5, 0.6) is 5.88 Å². The van der Waals surface area contributed by atoms with Gasteiger partial charge in [0.05, 0.1) is 6.10 Å². The number of rotatable bonds is 7. The molecule has 0 spiro atoms. The minimum atomic E-state index is -0.324. The van der Waals surface area contributed by atoms with Crippen LogP contribution in [0, 0.1) is 12.8 Å². The normalized spacial score (nSPS) is 17.5. The van der Waals surface area contributed by atoms with E-state index in [1.54, 1.807) is 0 Å². The molecule has 3 aromatic rings. The molecule has 1 saturated heterocycles. The fourth-order valence-electron chi connectivity index (χ4n) is 4.15. The largest absolute Gasteiger partial charge is 0.473 e. The lowest BCUT2D eigenvalue weighted by molar-refractivity contribution is 0.0921. The highest BCUT2D eigenvalue weighted by Crippen LogP contribution is 2.26. The van der Waals surface area contributed by atoms with Crippen molar-refractivity contribution in [3.05, 3.63) is 83.6 Å². The summed E-state index contributed by atoms with van der Waals surface area (Å²) in [4.78, 5) is 4.45. The van der Waals surface area contributed by atoms with Crippen LogP contribution in [-0.2, 0) is 13.0 Å². The van der Waals surface area contributed by atoms with Gasteiger partial charge in [-0.3, -0.25) is 0 Å². The Hall–Kier alpha value is -2.69. The number of ether oxygens (including phenoxy) is 1. The monoisotopic (exact) mass is 402 g/mol. The second kappa shape index (κ2) is 9.88. The summed E-state index contributed by atoms with van der Waals surface area (Å²) in [7, 11) is 0. The number of piperidine rings is 1. The highest BCUT2D eigenvalue weighted by atomic mass is 16.5. The Morgan fingerprint density at radius 3 is 2.70 bits per heavy atom. The van der Waals surface area contributed by atoms with E-state index in [1.165, 1.54) is 16.7 Å². The summed E-state index contributed by atoms with van der Waals surface area (Å²) >= 11 is 0. The van der Waals surface area contributed by atoms with E-state index in [2.05, 4.69) is 59.7 Å². The van der Waals surface area contributed by atoms with Crippen LogP contribution >= 0.6 is 0 Å². The van der Waals surface area contributed by atoms with Gasteiger partial charge in [0.2, 0.25) is 5.88 Å². The molecule has 30 heavy (non-hydrogen) atoms. The van der Waals surface area contributed by atoms with E-state index in [9.17, 15) is 5.11 Å². The molecule has 1 aliphatic rings. The third kappa shape index (κ3) is 5.07. The number of nitrogens with zero attached hydrogens (tertiary/aromatic N) is 1. The molecule has 0 saturated carbocycles. The number of hydrogen-bond donors (Lipinski definition) is 2. The molecule has 0 radical (unpaired) electrons. The number of benzene rings is 2. The second-order valence-electron chi connectivity index (χ2n) is 8.13. The van der Waals surface area contributed by atoms with Crippen LogP contribution in [0.1, 0.15) is 29.5 Å². The lowest BCUT2D eigenvalue weighted by Gasteiger charge is -2.27. The zero-order valence-electron chi connectivity index (χ0n) is 17.6. The van der Waals surface area contributed by atoms with Crippen LogP contribution in [0.2, 0.25) is 0 Å². The van der Waals surface area contributed by atoms with Crippen LogP contribution in [0.3, 0.4) is 0 Å². The predicted octanol–water partition coefficient (Wildman–Crippen LogP) is 4.54. The standard InChI is InChI=1S/C26H30N2O2/c1-19-23(9-5-11-24(19)21-7-3-2-4-8-21)18-30-26-13-12-20(16-28-26)15-25(29)22-10-6-14-27-17-22/h2-5,7-9,11-13,16,22,25,27,29H,6,10,14-15,17-18H2,1H3. The Bertz CT molecular complexity index is 935. The molecule has 2 aromatic carbocycles. The number of hydrogen-bond acceptors (Lipinski definition) is 4. The maximum absolute atomic E-state index is 10.5. The fraction of sp³-hybridized carbons (Fsp3) is 0.346. The molecule has 0 amide bonds. The summed E-state index contributed by atoms with van der Waals surface area (Å²) < 4.78 is 5.96. The first kappa shape index (κ1) is 20.6. The zero-order chi connectivity index (χ0) is 20.8. The molecule has 2 N–H and O–H groups in total. The van der Waals surface area contributed by atoms with Crippen LogP contribution in [-0.4, -0.2) is 29.3 Å². The van der Waals surface area contributed by atoms with E-state index in [4.69, 9.17) is 4.74 Å². The summed E-state index contributed by atoms with van der Waals surface area (Å²) in [5.74, 6) is 0.937. The highest BCUT2D eigenvalue weighted by molar-refractivity contribution is 5.68. The van der Waals surface area contributed by atoms with Gasteiger partial charge in [-0.1, -0.05) is 54.6 Å². The summed E-state index contributed by atoms with van der Waals surface area (Å²) in [6.07, 6.45) is 4.36. The maximum Gasteiger partial charge on any atom is 0.213 e.